The van der Waals surface area contributed by atoms with E-state index in [1.54, 1.807) is 6.92 Å². The van der Waals surface area contributed by atoms with Crippen molar-refractivity contribution in [2.75, 3.05) is 5.32 Å². The molecule has 17 heavy (non-hydrogen) atoms. The number of imidazole rings is 1. The Kier molecular flexibility index (Phi) is 2.77. The van der Waals surface area contributed by atoms with E-state index in [4.69, 9.17) is 5.11 Å². The molecule has 2 heterocycles. The molecule has 0 saturated heterocycles. The van der Waals surface area contributed by atoms with Gasteiger partial charge in [-0.2, -0.15) is 4.98 Å². The van der Waals surface area contributed by atoms with E-state index in [2.05, 4.69) is 25.3 Å². The van der Waals surface area contributed by atoms with Crippen molar-refractivity contribution in [1.82, 2.24) is 19.9 Å². The predicted molar refractivity (Wildman–Crippen MR) is 59.8 cm³/mol. The van der Waals surface area contributed by atoms with Crippen LogP contribution in [-0.4, -0.2) is 37.1 Å². The number of aliphatic carboxylic acids is 1. The summed E-state index contributed by atoms with van der Waals surface area (Å²) in [6.45, 7) is 1.72. The number of nitrogens with zero attached hydrogens (tertiary/aromatic N) is 2. The Morgan fingerprint density at radius 3 is 3.06 bits per heavy atom. The predicted octanol–water partition coefficient (Wildman–Crippen LogP) is -0.0787. The molecule has 8 heteroatoms. The van der Waals surface area contributed by atoms with Crippen LogP contribution in [0.15, 0.2) is 11.1 Å². The van der Waals surface area contributed by atoms with Crippen LogP contribution < -0.4 is 10.9 Å². The lowest BCUT2D eigenvalue weighted by Crippen LogP contribution is -2.30. The lowest BCUT2D eigenvalue weighted by atomic mass is 10.2. The molecule has 8 nitrogen and oxygen atoms in total. The maximum Gasteiger partial charge on any atom is 0.326 e. The third-order valence-corrected chi connectivity index (χ3v) is 2.31. The number of aromatic nitrogens is 4. The fourth-order valence-electron chi connectivity index (χ4n) is 1.41. The number of hydrogen-bond donors (Lipinski definition) is 4. The molecule has 0 bridgehead atoms. The molecule has 0 aliphatic carbocycles. The van der Waals surface area contributed by atoms with Crippen molar-refractivity contribution in [3.8, 4) is 0 Å². The van der Waals surface area contributed by atoms with Gasteiger partial charge in [-0.3, -0.25) is 9.78 Å². The largest absolute Gasteiger partial charge is 0.480 e. The van der Waals surface area contributed by atoms with Crippen molar-refractivity contribution < 1.29 is 9.90 Å². The average Bonchev–Trinajstić information content (AvgIpc) is 2.74. The van der Waals surface area contributed by atoms with Crippen LogP contribution in [0.4, 0.5) is 5.95 Å². The lowest BCUT2D eigenvalue weighted by Gasteiger charge is -2.11. The van der Waals surface area contributed by atoms with Gasteiger partial charge in [-0.1, -0.05) is 6.92 Å². The highest BCUT2D eigenvalue weighted by atomic mass is 16.4. The molecule has 1 atom stereocenters. The highest BCUT2D eigenvalue weighted by Gasteiger charge is 2.16. The van der Waals surface area contributed by atoms with Gasteiger partial charge in [0.05, 0.1) is 6.33 Å². The number of carboxylic acid groups (broad SMARTS) is 1. The van der Waals surface area contributed by atoms with E-state index < -0.39 is 17.6 Å². The highest BCUT2D eigenvalue weighted by molar-refractivity contribution is 5.77. The standard InChI is InChI=1S/C9H11N5O3/c1-2-4(8(16)17)12-9-13-6-5(7(15)14-9)10-3-11-6/h3-4H,2H2,1H3,(H,16,17)(H3,10,11,12,13,14,15). The first-order chi connectivity index (χ1) is 8.11. The van der Waals surface area contributed by atoms with Crippen molar-refractivity contribution in [2.24, 2.45) is 0 Å². The van der Waals surface area contributed by atoms with Gasteiger partial charge in [-0.15, -0.1) is 0 Å². The van der Waals surface area contributed by atoms with E-state index in [0.717, 1.165) is 0 Å². The van der Waals surface area contributed by atoms with E-state index in [1.165, 1.54) is 6.33 Å². The Balaban J connectivity index is 2.36. The second-order valence-electron chi connectivity index (χ2n) is 3.46. The summed E-state index contributed by atoms with van der Waals surface area (Å²) in [5.41, 5.74) is 0.116. The zero-order valence-corrected chi connectivity index (χ0v) is 9.02. The van der Waals surface area contributed by atoms with Crippen molar-refractivity contribution in [3.63, 3.8) is 0 Å². The zero-order valence-electron chi connectivity index (χ0n) is 9.02. The topological polar surface area (TPSA) is 124 Å². The highest BCUT2D eigenvalue weighted by Crippen LogP contribution is 2.05. The molecular weight excluding hydrogens is 226 g/mol. The van der Waals surface area contributed by atoms with Crippen LogP contribution in [0.5, 0.6) is 0 Å². The first-order valence-corrected chi connectivity index (χ1v) is 5.04. The van der Waals surface area contributed by atoms with Gasteiger partial charge in [0.1, 0.15) is 6.04 Å². The second kappa shape index (κ2) is 4.24. The summed E-state index contributed by atoms with van der Waals surface area (Å²) >= 11 is 0. The molecule has 4 N–H and O–H groups in total. The molecule has 0 saturated carbocycles. The Labute approximate surface area is 95.1 Å². The molecule has 0 aliphatic rings. The summed E-state index contributed by atoms with van der Waals surface area (Å²) < 4.78 is 0. The van der Waals surface area contributed by atoms with Gasteiger partial charge in [0.25, 0.3) is 5.56 Å². The third kappa shape index (κ3) is 2.10. The van der Waals surface area contributed by atoms with Crippen molar-refractivity contribution in [1.29, 1.82) is 0 Å². The molecule has 2 aromatic rings. The minimum atomic E-state index is -1.00. The Morgan fingerprint density at radius 2 is 2.41 bits per heavy atom. The lowest BCUT2D eigenvalue weighted by molar-refractivity contribution is -0.137. The second-order valence-corrected chi connectivity index (χ2v) is 3.46. The smallest absolute Gasteiger partial charge is 0.326 e. The summed E-state index contributed by atoms with van der Waals surface area (Å²) in [6.07, 6.45) is 1.73. The molecule has 0 radical (unpaired) electrons. The van der Waals surface area contributed by atoms with E-state index in [-0.39, 0.29) is 17.1 Å². The van der Waals surface area contributed by atoms with E-state index in [0.29, 0.717) is 6.42 Å². The monoisotopic (exact) mass is 237 g/mol. The van der Waals surface area contributed by atoms with Crippen LogP contribution >= 0.6 is 0 Å². The van der Waals surface area contributed by atoms with Crippen LogP contribution in [0.2, 0.25) is 0 Å². The summed E-state index contributed by atoms with van der Waals surface area (Å²) in [6, 6.07) is -0.797. The quantitative estimate of drug-likeness (QED) is 0.589. The van der Waals surface area contributed by atoms with Gasteiger partial charge in [0.15, 0.2) is 11.2 Å². The number of fused-ring (bicyclic) bond motifs is 1. The maximum atomic E-state index is 11.5. The van der Waals surface area contributed by atoms with Crippen molar-refractivity contribution in [2.45, 2.75) is 19.4 Å². The van der Waals surface area contributed by atoms with Crippen LogP contribution in [0.3, 0.4) is 0 Å². The molecular formula is C9H11N5O3. The van der Waals surface area contributed by atoms with Crippen LogP contribution in [0.25, 0.3) is 11.2 Å². The molecule has 2 rings (SSSR count). The van der Waals surface area contributed by atoms with E-state index >= 15 is 0 Å². The van der Waals surface area contributed by atoms with Gasteiger partial charge in [0.2, 0.25) is 5.95 Å². The van der Waals surface area contributed by atoms with Gasteiger partial charge in [0, 0.05) is 0 Å². The molecule has 90 valence electrons. The van der Waals surface area contributed by atoms with Crippen LogP contribution in [0.1, 0.15) is 13.3 Å². The number of aromatic amines is 2. The van der Waals surface area contributed by atoms with Crippen molar-refractivity contribution in [3.05, 3.63) is 16.7 Å². The third-order valence-electron chi connectivity index (χ3n) is 2.31. The SMILES string of the molecule is CCC(Nc1nc2nc[nH]c2c(=O)[nH]1)C(=O)O. The fourth-order valence-corrected chi connectivity index (χ4v) is 1.41. The summed E-state index contributed by atoms with van der Waals surface area (Å²) in [4.78, 5) is 35.3. The van der Waals surface area contributed by atoms with Crippen molar-refractivity contribution >= 4 is 23.1 Å². The number of carbonyl (C=O) groups is 1. The molecule has 1 unspecified atom stereocenters. The molecule has 2 aromatic heterocycles. The fraction of sp³-hybridized carbons (Fsp3) is 0.333. The first kappa shape index (κ1) is 11.1. The van der Waals surface area contributed by atoms with Gasteiger partial charge in [-0.05, 0) is 6.42 Å². The van der Waals surface area contributed by atoms with Gasteiger partial charge in [-0.25, -0.2) is 9.78 Å². The number of H-pyrrole nitrogens is 2. The zero-order chi connectivity index (χ0) is 12.4. The molecule has 0 spiro atoms. The molecule has 0 aliphatic heterocycles. The van der Waals surface area contributed by atoms with E-state index in [9.17, 15) is 9.59 Å². The minimum absolute atomic E-state index is 0.101. The van der Waals surface area contributed by atoms with Crippen LogP contribution in [-0.2, 0) is 4.79 Å². The number of hydrogen-bond acceptors (Lipinski definition) is 5. The first-order valence-electron chi connectivity index (χ1n) is 5.04. The average molecular weight is 237 g/mol. The maximum absolute atomic E-state index is 11.5. The molecule has 0 amide bonds. The van der Waals surface area contributed by atoms with E-state index in [1.807, 2.05) is 0 Å². The Bertz CT molecular complexity index is 602. The number of carboxylic acids is 1. The summed E-state index contributed by atoms with van der Waals surface area (Å²) in [5.74, 6) is -0.902. The number of anilines is 1. The normalized spacial score (nSPS) is 12.5. The van der Waals surface area contributed by atoms with Gasteiger partial charge >= 0.3 is 5.97 Å². The Morgan fingerprint density at radius 1 is 1.65 bits per heavy atom. The Hall–Kier alpha value is -2.38. The van der Waals surface area contributed by atoms with Gasteiger partial charge < -0.3 is 15.4 Å². The van der Waals surface area contributed by atoms with Crippen LogP contribution in [0, 0.1) is 0 Å². The summed E-state index contributed by atoms with van der Waals surface area (Å²) in [7, 11) is 0. The number of rotatable bonds is 4. The molecule has 0 aromatic carbocycles. The summed E-state index contributed by atoms with van der Waals surface area (Å²) in [5, 5.41) is 11.5. The molecule has 0 fully saturated rings. The minimum Gasteiger partial charge on any atom is -0.480 e. The number of nitrogens with one attached hydrogen (secondary N) is 3.